The average Bonchev–Trinajstić information content (AvgIpc) is 3.11. The molecule has 26 heavy (non-hydrogen) atoms. The van der Waals surface area contributed by atoms with Crippen LogP contribution in [0.25, 0.3) is 21.7 Å². The molecular weight excluding hydrogens is 331 g/mol. The monoisotopic (exact) mass is 348 g/mol. The first-order valence-electron chi connectivity index (χ1n) is 8.40. The number of nitrogens with one attached hydrogen (secondary N) is 2. The zero-order valence-corrected chi connectivity index (χ0v) is 14.2. The second-order valence-corrected chi connectivity index (χ2v) is 5.97. The Balaban J connectivity index is 1.75. The van der Waals surface area contributed by atoms with E-state index >= 15 is 0 Å². The second-order valence-electron chi connectivity index (χ2n) is 5.97. The van der Waals surface area contributed by atoms with Crippen molar-refractivity contribution in [1.29, 1.82) is 0 Å². The lowest BCUT2D eigenvalue weighted by molar-refractivity contribution is 0.0520. The number of halogens is 1. The van der Waals surface area contributed by atoms with Gasteiger partial charge in [-0.2, -0.15) is 0 Å². The number of H-pyrrole nitrogens is 1. The summed E-state index contributed by atoms with van der Waals surface area (Å²) in [6, 6.07) is 18.7. The summed E-state index contributed by atoms with van der Waals surface area (Å²) in [4.78, 5) is 14.8. The first kappa shape index (κ1) is 16.1. The summed E-state index contributed by atoms with van der Waals surface area (Å²) in [5.74, 6) is -0.917. The third kappa shape index (κ3) is 2.88. The Hall–Kier alpha value is -3.34. The number of carbonyl (C=O) groups is 1. The molecule has 0 unspecified atom stereocenters. The predicted octanol–water partition coefficient (Wildman–Crippen LogP) is 5.38. The second kappa shape index (κ2) is 6.52. The average molecular weight is 348 g/mol. The number of anilines is 2. The van der Waals surface area contributed by atoms with Gasteiger partial charge in [0.2, 0.25) is 0 Å². The van der Waals surface area contributed by atoms with Crippen LogP contribution in [0, 0.1) is 5.82 Å². The molecule has 3 aromatic carbocycles. The quantitative estimate of drug-likeness (QED) is 0.487. The van der Waals surface area contributed by atoms with Crippen molar-refractivity contribution in [3.05, 3.63) is 72.2 Å². The minimum atomic E-state index is -0.500. The Labute approximate surface area is 149 Å². The lowest BCUT2D eigenvalue weighted by Crippen LogP contribution is -2.04. The molecule has 0 amide bonds. The third-order valence-electron chi connectivity index (χ3n) is 4.27. The van der Waals surface area contributed by atoms with E-state index in [9.17, 15) is 9.18 Å². The van der Waals surface area contributed by atoms with Crippen LogP contribution in [0.15, 0.2) is 60.7 Å². The minimum Gasteiger partial charge on any atom is -0.461 e. The Morgan fingerprint density at radius 2 is 1.88 bits per heavy atom. The number of hydrogen-bond acceptors (Lipinski definition) is 3. The Bertz CT molecular complexity index is 1120. The van der Waals surface area contributed by atoms with Gasteiger partial charge in [-0.1, -0.05) is 30.3 Å². The van der Waals surface area contributed by atoms with Gasteiger partial charge in [-0.15, -0.1) is 0 Å². The predicted molar refractivity (Wildman–Crippen MR) is 101 cm³/mol. The molecule has 0 aliphatic rings. The van der Waals surface area contributed by atoms with Gasteiger partial charge in [-0.05, 0) is 48.0 Å². The van der Waals surface area contributed by atoms with Crippen LogP contribution < -0.4 is 5.32 Å². The highest BCUT2D eigenvalue weighted by Crippen LogP contribution is 2.30. The van der Waals surface area contributed by atoms with Crippen molar-refractivity contribution < 1.29 is 13.9 Å². The number of hydrogen-bond donors (Lipinski definition) is 2. The van der Waals surface area contributed by atoms with E-state index in [-0.39, 0.29) is 17.8 Å². The lowest BCUT2D eigenvalue weighted by Gasteiger charge is -2.09. The molecule has 0 aliphatic carbocycles. The van der Waals surface area contributed by atoms with Crippen molar-refractivity contribution in [2.75, 3.05) is 11.9 Å². The van der Waals surface area contributed by atoms with E-state index in [4.69, 9.17) is 4.74 Å². The topological polar surface area (TPSA) is 54.1 Å². The van der Waals surface area contributed by atoms with Gasteiger partial charge in [0.15, 0.2) is 0 Å². The molecule has 4 nitrogen and oxygen atoms in total. The van der Waals surface area contributed by atoms with Gasteiger partial charge in [-0.3, -0.25) is 0 Å². The minimum absolute atomic E-state index is 0.230. The van der Waals surface area contributed by atoms with Crippen molar-refractivity contribution in [3.8, 4) is 0 Å². The molecule has 1 heterocycles. The van der Waals surface area contributed by atoms with Crippen LogP contribution in [0.1, 0.15) is 17.4 Å². The van der Waals surface area contributed by atoms with Crippen molar-refractivity contribution in [1.82, 2.24) is 4.98 Å². The molecular formula is C21H17FN2O2. The van der Waals surface area contributed by atoms with Crippen LogP contribution >= 0.6 is 0 Å². The highest BCUT2D eigenvalue weighted by atomic mass is 19.1. The molecule has 5 heteroatoms. The summed E-state index contributed by atoms with van der Waals surface area (Å²) in [6.45, 7) is 1.99. The van der Waals surface area contributed by atoms with Crippen LogP contribution in [0.4, 0.5) is 15.8 Å². The molecule has 4 rings (SSSR count). The SMILES string of the molecule is CCOC(=O)c1cc2c(Nc3ccc4ccccc4c3)ccc(F)c2[nH]1. The fourth-order valence-electron chi connectivity index (χ4n) is 3.04. The summed E-state index contributed by atoms with van der Waals surface area (Å²) in [7, 11) is 0. The Morgan fingerprint density at radius 1 is 1.08 bits per heavy atom. The van der Waals surface area contributed by atoms with Crippen molar-refractivity contribution in [2.24, 2.45) is 0 Å². The summed E-state index contributed by atoms with van der Waals surface area (Å²) >= 11 is 0. The number of ether oxygens (including phenoxy) is 1. The molecule has 0 atom stereocenters. The molecule has 0 saturated heterocycles. The molecule has 0 spiro atoms. The van der Waals surface area contributed by atoms with E-state index in [1.807, 2.05) is 42.5 Å². The molecule has 0 saturated carbocycles. The summed E-state index contributed by atoms with van der Waals surface area (Å²) < 4.78 is 19.2. The summed E-state index contributed by atoms with van der Waals surface area (Å²) in [5.41, 5.74) is 2.10. The molecule has 2 N–H and O–H groups in total. The van der Waals surface area contributed by atoms with Gasteiger partial charge in [0.25, 0.3) is 0 Å². The largest absolute Gasteiger partial charge is 0.461 e. The fraction of sp³-hybridized carbons (Fsp3) is 0.0952. The first-order chi connectivity index (χ1) is 12.7. The molecule has 0 fully saturated rings. The number of benzene rings is 3. The zero-order valence-electron chi connectivity index (χ0n) is 14.2. The van der Waals surface area contributed by atoms with E-state index in [2.05, 4.69) is 10.3 Å². The van der Waals surface area contributed by atoms with Crippen LogP contribution in [-0.4, -0.2) is 17.6 Å². The van der Waals surface area contributed by atoms with Crippen molar-refractivity contribution in [2.45, 2.75) is 6.92 Å². The molecule has 1 aromatic heterocycles. The zero-order chi connectivity index (χ0) is 18.1. The third-order valence-corrected chi connectivity index (χ3v) is 4.27. The fourth-order valence-corrected chi connectivity index (χ4v) is 3.04. The van der Waals surface area contributed by atoms with Gasteiger partial charge in [0, 0.05) is 16.8 Å². The molecule has 0 bridgehead atoms. The number of carbonyl (C=O) groups excluding carboxylic acids is 1. The molecule has 130 valence electrons. The molecule has 0 aliphatic heterocycles. The van der Waals surface area contributed by atoms with Crippen LogP contribution in [-0.2, 0) is 4.74 Å². The van der Waals surface area contributed by atoms with Crippen molar-refractivity contribution >= 4 is 39.0 Å². The van der Waals surface area contributed by atoms with Crippen molar-refractivity contribution in [3.63, 3.8) is 0 Å². The van der Waals surface area contributed by atoms with Gasteiger partial charge in [0.05, 0.1) is 12.1 Å². The van der Waals surface area contributed by atoms with Crippen LogP contribution in [0.5, 0.6) is 0 Å². The molecule has 4 aromatic rings. The maximum atomic E-state index is 14.2. The first-order valence-corrected chi connectivity index (χ1v) is 8.40. The van der Waals surface area contributed by atoms with Crippen LogP contribution in [0.3, 0.4) is 0 Å². The highest BCUT2D eigenvalue weighted by molar-refractivity contribution is 6.01. The number of rotatable bonds is 4. The van der Waals surface area contributed by atoms with Gasteiger partial charge >= 0.3 is 5.97 Å². The molecule has 0 radical (unpaired) electrons. The van der Waals surface area contributed by atoms with Gasteiger partial charge in [0.1, 0.15) is 11.5 Å². The van der Waals surface area contributed by atoms with Gasteiger partial charge in [-0.25, -0.2) is 9.18 Å². The van der Waals surface area contributed by atoms with Gasteiger partial charge < -0.3 is 15.0 Å². The summed E-state index contributed by atoms with van der Waals surface area (Å²) in [5, 5.41) is 6.17. The number of aromatic nitrogens is 1. The Kier molecular flexibility index (Phi) is 4.05. The van der Waals surface area contributed by atoms with E-state index < -0.39 is 11.8 Å². The van der Waals surface area contributed by atoms with E-state index in [1.54, 1.807) is 19.1 Å². The van der Waals surface area contributed by atoms with E-state index in [0.717, 1.165) is 16.5 Å². The Morgan fingerprint density at radius 3 is 2.69 bits per heavy atom. The number of aromatic amines is 1. The smallest absolute Gasteiger partial charge is 0.354 e. The van der Waals surface area contributed by atoms with Crippen LogP contribution in [0.2, 0.25) is 0 Å². The maximum Gasteiger partial charge on any atom is 0.354 e. The number of fused-ring (bicyclic) bond motifs is 2. The summed E-state index contributed by atoms with van der Waals surface area (Å²) in [6.07, 6.45) is 0. The number of esters is 1. The van der Waals surface area contributed by atoms with E-state index in [1.165, 1.54) is 6.07 Å². The standard InChI is InChI=1S/C21H17FN2O2/c1-2-26-21(25)19-12-16-18(10-9-17(22)20(16)24-19)23-15-8-7-13-5-3-4-6-14(13)11-15/h3-12,23-24H,2H2,1H3. The lowest BCUT2D eigenvalue weighted by atomic mass is 10.1. The highest BCUT2D eigenvalue weighted by Gasteiger charge is 2.15. The normalized spacial score (nSPS) is 11.0. The maximum absolute atomic E-state index is 14.2. The van der Waals surface area contributed by atoms with E-state index in [0.29, 0.717) is 11.1 Å².